The Kier molecular flexibility index (Phi) is 9.43. The summed E-state index contributed by atoms with van der Waals surface area (Å²) < 4.78 is 42.7. The Labute approximate surface area is 143 Å². The van der Waals surface area contributed by atoms with Crippen molar-refractivity contribution in [1.29, 1.82) is 0 Å². The van der Waals surface area contributed by atoms with Crippen LogP contribution in [0.4, 0.5) is 13.2 Å². The summed E-state index contributed by atoms with van der Waals surface area (Å²) in [5.74, 6) is 1.51. The topological polar surface area (TPSA) is 48.9 Å². The van der Waals surface area contributed by atoms with Gasteiger partial charge in [-0.15, -0.1) is 0 Å². The minimum Gasteiger partial charge on any atom is -0.380 e. The highest BCUT2D eigenvalue weighted by Crippen LogP contribution is 2.22. The number of nitrogens with zero attached hydrogens (tertiary/aromatic N) is 2. The zero-order valence-corrected chi connectivity index (χ0v) is 15.0. The summed E-state index contributed by atoms with van der Waals surface area (Å²) in [6.07, 6.45) is -2.29. The standard InChI is InChI=1S/C16H31F3N4O/c1-13(2)5-8-24-9-6-21-15(20-3)22-10-14-4-7-23(11-14)12-16(17,18)19/h13-14H,4-12H2,1-3H3,(H2,20,21,22). The Balaban J connectivity index is 2.12. The molecule has 0 amide bonds. The Morgan fingerprint density at radius 1 is 1.29 bits per heavy atom. The molecule has 1 fully saturated rings. The van der Waals surface area contributed by atoms with Crippen molar-refractivity contribution in [3.63, 3.8) is 0 Å². The molecule has 0 bridgehead atoms. The van der Waals surface area contributed by atoms with Crippen molar-refractivity contribution in [2.24, 2.45) is 16.8 Å². The monoisotopic (exact) mass is 352 g/mol. The summed E-state index contributed by atoms with van der Waals surface area (Å²) >= 11 is 0. The molecule has 24 heavy (non-hydrogen) atoms. The molecule has 1 aliphatic rings. The van der Waals surface area contributed by atoms with Crippen molar-refractivity contribution < 1.29 is 17.9 Å². The predicted molar refractivity (Wildman–Crippen MR) is 90.2 cm³/mol. The van der Waals surface area contributed by atoms with Crippen LogP contribution in [0.3, 0.4) is 0 Å². The highest BCUT2D eigenvalue weighted by Gasteiger charge is 2.34. The number of ether oxygens (including phenoxy) is 1. The van der Waals surface area contributed by atoms with E-state index in [0.717, 1.165) is 19.4 Å². The van der Waals surface area contributed by atoms with Crippen LogP contribution in [-0.4, -0.2) is 70.0 Å². The molecule has 1 saturated heterocycles. The number of likely N-dealkylation sites (tertiary alicyclic amines) is 1. The first kappa shape index (κ1) is 21.0. The van der Waals surface area contributed by atoms with E-state index in [4.69, 9.17) is 4.74 Å². The molecule has 2 N–H and O–H groups in total. The normalized spacial score (nSPS) is 20.0. The fourth-order valence-corrected chi connectivity index (χ4v) is 2.60. The lowest BCUT2D eigenvalue weighted by atomic mass is 10.1. The van der Waals surface area contributed by atoms with Crippen molar-refractivity contribution in [2.45, 2.75) is 32.9 Å². The molecule has 1 heterocycles. The lowest BCUT2D eigenvalue weighted by molar-refractivity contribution is -0.143. The minimum atomic E-state index is -4.12. The van der Waals surface area contributed by atoms with Crippen LogP contribution in [0.2, 0.25) is 0 Å². The van der Waals surface area contributed by atoms with E-state index in [2.05, 4.69) is 29.5 Å². The van der Waals surface area contributed by atoms with Crippen molar-refractivity contribution in [1.82, 2.24) is 15.5 Å². The van der Waals surface area contributed by atoms with Crippen LogP contribution in [-0.2, 0) is 4.74 Å². The van der Waals surface area contributed by atoms with Gasteiger partial charge in [0.2, 0.25) is 0 Å². The second-order valence-electron chi connectivity index (χ2n) is 6.68. The molecule has 1 rings (SSSR count). The van der Waals surface area contributed by atoms with Crippen molar-refractivity contribution in [2.75, 3.05) is 53.0 Å². The van der Waals surface area contributed by atoms with Gasteiger partial charge in [0, 0.05) is 33.3 Å². The quantitative estimate of drug-likeness (QED) is 0.379. The molecule has 0 radical (unpaired) electrons. The highest BCUT2D eigenvalue weighted by molar-refractivity contribution is 5.79. The molecular formula is C16H31F3N4O. The maximum atomic E-state index is 12.4. The molecule has 0 aromatic carbocycles. The van der Waals surface area contributed by atoms with Crippen LogP contribution in [0.25, 0.3) is 0 Å². The van der Waals surface area contributed by atoms with Gasteiger partial charge < -0.3 is 15.4 Å². The first-order valence-electron chi connectivity index (χ1n) is 8.61. The number of alkyl halides is 3. The van der Waals surface area contributed by atoms with E-state index in [9.17, 15) is 13.2 Å². The van der Waals surface area contributed by atoms with E-state index in [0.29, 0.717) is 44.7 Å². The zero-order valence-electron chi connectivity index (χ0n) is 15.0. The highest BCUT2D eigenvalue weighted by atomic mass is 19.4. The number of aliphatic imine (C=N–C) groups is 1. The summed E-state index contributed by atoms with van der Waals surface area (Å²) in [4.78, 5) is 5.58. The third kappa shape index (κ3) is 9.97. The molecule has 0 aliphatic carbocycles. The fraction of sp³-hybridized carbons (Fsp3) is 0.938. The van der Waals surface area contributed by atoms with Gasteiger partial charge in [-0.1, -0.05) is 13.8 Å². The van der Waals surface area contributed by atoms with Crippen LogP contribution in [0.1, 0.15) is 26.7 Å². The van der Waals surface area contributed by atoms with E-state index in [1.165, 1.54) is 4.90 Å². The summed E-state index contributed by atoms with van der Waals surface area (Å²) in [5.41, 5.74) is 0. The van der Waals surface area contributed by atoms with Gasteiger partial charge in [-0.3, -0.25) is 9.89 Å². The largest absolute Gasteiger partial charge is 0.401 e. The molecule has 0 saturated carbocycles. The average molecular weight is 352 g/mol. The van der Waals surface area contributed by atoms with E-state index < -0.39 is 12.7 Å². The molecular weight excluding hydrogens is 321 g/mol. The van der Waals surface area contributed by atoms with E-state index in [1.54, 1.807) is 7.05 Å². The van der Waals surface area contributed by atoms with Gasteiger partial charge in [0.15, 0.2) is 5.96 Å². The Hall–Kier alpha value is -1.02. The van der Waals surface area contributed by atoms with Gasteiger partial charge in [0.25, 0.3) is 0 Å². The molecule has 0 aromatic rings. The lowest BCUT2D eigenvalue weighted by Crippen LogP contribution is -2.41. The third-order valence-corrected chi connectivity index (χ3v) is 3.93. The van der Waals surface area contributed by atoms with Gasteiger partial charge in [-0.25, -0.2) is 0 Å². The summed E-state index contributed by atoms with van der Waals surface area (Å²) in [7, 11) is 1.68. The molecule has 1 atom stereocenters. The minimum absolute atomic E-state index is 0.216. The second-order valence-corrected chi connectivity index (χ2v) is 6.68. The molecule has 0 aromatic heterocycles. The van der Waals surface area contributed by atoms with Crippen LogP contribution in [0.15, 0.2) is 4.99 Å². The van der Waals surface area contributed by atoms with E-state index in [1.807, 2.05) is 0 Å². The predicted octanol–water partition coefficient (Wildman–Crippen LogP) is 2.10. The lowest BCUT2D eigenvalue weighted by Gasteiger charge is -2.18. The first-order valence-corrected chi connectivity index (χ1v) is 8.61. The van der Waals surface area contributed by atoms with E-state index in [-0.39, 0.29) is 5.92 Å². The molecule has 5 nitrogen and oxygen atoms in total. The second kappa shape index (κ2) is 10.8. The number of nitrogens with one attached hydrogen (secondary N) is 2. The van der Waals surface area contributed by atoms with Crippen LogP contribution < -0.4 is 10.6 Å². The SMILES string of the molecule is CN=C(NCCOCCC(C)C)NCC1CCN(CC(F)(F)F)C1. The smallest absolute Gasteiger partial charge is 0.380 e. The molecule has 8 heteroatoms. The number of halogens is 3. The maximum Gasteiger partial charge on any atom is 0.401 e. The van der Waals surface area contributed by atoms with Gasteiger partial charge in [0.05, 0.1) is 13.2 Å². The van der Waals surface area contributed by atoms with Crippen molar-refractivity contribution in [3.05, 3.63) is 0 Å². The Morgan fingerprint density at radius 2 is 2.04 bits per heavy atom. The molecule has 1 aliphatic heterocycles. The fourth-order valence-electron chi connectivity index (χ4n) is 2.60. The summed E-state index contributed by atoms with van der Waals surface area (Å²) in [6, 6.07) is 0. The molecule has 0 spiro atoms. The van der Waals surface area contributed by atoms with E-state index >= 15 is 0 Å². The van der Waals surface area contributed by atoms with Crippen LogP contribution >= 0.6 is 0 Å². The van der Waals surface area contributed by atoms with Gasteiger partial charge in [0.1, 0.15) is 0 Å². The van der Waals surface area contributed by atoms with Crippen molar-refractivity contribution in [3.8, 4) is 0 Å². The summed E-state index contributed by atoms with van der Waals surface area (Å²) in [5, 5.41) is 6.33. The maximum absolute atomic E-state index is 12.4. The molecule has 142 valence electrons. The number of hydrogen-bond donors (Lipinski definition) is 2. The average Bonchev–Trinajstić information content (AvgIpc) is 2.90. The third-order valence-electron chi connectivity index (χ3n) is 3.93. The molecule has 1 unspecified atom stereocenters. The van der Waals surface area contributed by atoms with Crippen molar-refractivity contribution >= 4 is 5.96 Å². The Morgan fingerprint density at radius 3 is 2.67 bits per heavy atom. The van der Waals surface area contributed by atoms with Gasteiger partial charge in [-0.05, 0) is 31.2 Å². The Bertz CT molecular complexity index is 375. The number of guanidine groups is 1. The van der Waals surface area contributed by atoms with Crippen LogP contribution in [0.5, 0.6) is 0 Å². The first-order chi connectivity index (χ1) is 11.3. The van der Waals surface area contributed by atoms with Gasteiger partial charge in [-0.2, -0.15) is 13.2 Å². The van der Waals surface area contributed by atoms with Gasteiger partial charge >= 0.3 is 6.18 Å². The zero-order chi connectivity index (χ0) is 18.0. The number of hydrogen-bond acceptors (Lipinski definition) is 3. The van der Waals surface area contributed by atoms with Crippen LogP contribution in [0, 0.1) is 11.8 Å². The summed E-state index contributed by atoms with van der Waals surface area (Å²) in [6.45, 7) is 7.12. The number of rotatable bonds is 9.